The number of nitrogens with zero attached hydrogens (tertiary/aromatic N) is 2. The van der Waals surface area contributed by atoms with E-state index in [1.807, 2.05) is 41.8 Å². The first-order chi connectivity index (χ1) is 16.7. The van der Waals surface area contributed by atoms with Crippen LogP contribution in [-0.2, 0) is 5.75 Å². The molecular formula is C25H18N4O3S2. The lowest BCUT2D eigenvalue weighted by Gasteiger charge is -2.12. The number of fused-ring (bicyclic) bond motifs is 1. The predicted molar refractivity (Wildman–Crippen MR) is 132 cm³/mol. The summed E-state index contributed by atoms with van der Waals surface area (Å²) in [5, 5.41) is 2.65. The van der Waals surface area contributed by atoms with Crippen molar-refractivity contribution in [3.8, 4) is 11.5 Å². The highest BCUT2D eigenvalue weighted by Gasteiger charge is 2.17. The zero-order valence-corrected chi connectivity index (χ0v) is 19.4. The molecule has 0 aliphatic heterocycles. The second-order valence-electron chi connectivity index (χ2n) is 7.22. The second kappa shape index (κ2) is 9.90. The first-order valence-corrected chi connectivity index (χ1v) is 12.2. The van der Waals surface area contributed by atoms with E-state index < -0.39 is 11.8 Å². The maximum absolute atomic E-state index is 13.1. The number of carbonyl (C=O) groups is 2. The Hall–Kier alpha value is -3.95. The molecule has 5 aromatic rings. The quantitative estimate of drug-likeness (QED) is 0.249. The summed E-state index contributed by atoms with van der Waals surface area (Å²) in [4.78, 5) is 35.7. The molecule has 34 heavy (non-hydrogen) atoms. The Morgan fingerprint density at radius 1 is 0.941 bits per heavy atom. The molecule has 2 aromatic carbocycles. The lowest BCUT2D eigenvalue weighted by Crippen LogP contribution is -2.41. The van der Waals surface area contributed by atoms with Gasteiger partial charge < -0.3 is 4.42 Å². The summed E-state index contributed by atoms with van der Waals surface area (Å²) in [6, 6.07) is 19.8. The Labute approximate surface area is 203 Å². The third kappa shape index (κ3) is 4.70. The average molecular weight is 487 g/mol. The Bertz CT molecular complexity index is 1450. The number of para-hydroxylation sites is 1. The van der Waals surface area contributed by atoms with Crippen molar-refractivity contribution in [3.05, 3.63) is 101 Å². The highest BCUT2D eigenvalue weighted by molar-refractivity contribution is 7.98. The maximum atomic E-state index is 13.1. The molecule has 5 rings (SSSR count). The maximum Gasteiger partial charge on any atom is 0.270 e. The van der Waals surface area contributed by atoms with Gasteiger partial charge in [0.05, 0.1) is 34.1 Å². The molecule has 3 aromatic heterocycles. The van der Waals surface area contributed by atoms with Gasteiger partial charge in [0.2, 0.25) is 0 Å². The van der Waals surface area contributed by atoms with Crippen molar-refractivity contribution in [1.82, 2.24) is 20.8 Å². The molecule has 0 aliphatic rings. The smallest absolute Gasteiger partial charge is 0.270 e. The summed E-state index contributed by atoms with van der Waals surface area (Å²) in [6.45, 7) is 0. The summed E-state index contributed by atoms with van der Waals surface area (Å²) in [6.07, 6.45) is 1.55. The predicted octanol–water partition coefficient (Wildman–Crippen LogP) is 5.32. The number of hydrogen-bond acceptors (Lipinski definition) is 7. The minimum atomic E-state index is -0.452. The standard InChI is InChI=1S/C25H18N4O3S2/c30-24(18-7-2-4-10-23(18)34-14-16-13-33-15-26-16)28-29-25(31)19-12-21(22-9-5-11-32-22)27-20-8-3-1-6-17(19)20/h1-13,15H,14H2,(H,28,30)(H,29,31). The lowest BCUT2D eigenvalue weighted by molar-refractivity contribution is 0.0846. The van der Waals surface area contributed by atoms with Gasteiger partial charge in [-0.3, -0.25) is 20.4 Å². The van der Waals surface area contributed by atoms with Crippen LogP contribution in [0.3, 0.4) is 0 Å². The molecule has 0 saturated carbocycles. The lowest BCUT2D eigenvalue weighted by atomic mass is 10.1. The van der Waals surface area contributed by atoms with E-state index in [0.717, 1.165) is 10.6 Å². The number of hydrazine groups is 1. The highest BCUT2D eigenvalue weighted by Crippen LogP contribution is 2.27. The molecule has 168 valence electrons. The fourth-order valence-electron chi connectivity index (χ4n) is 3.40. The fourth-order valence-corrected chi connectivity index (χ4v) is 5.02. The van der Waals surface area contributed by atoms with Crippen LogP contribution in [0.15, 0.2) is 93.2 Å². The van der Waals surface area contributed by atoms with Crippen LogP contribution in [0, 0.1) is 0 Å². The van der Waals surface area contributed by atoms with Gasteiger partial charge in [0.1, 0.15) is 5.69 Å². The number of benzene rings is 2. The van der Waals surface area contributed by atoms with Crippen LogP contribution < -0.4 is 10.9 Å². The Morgan fingerprint density at radius 3 is 2.53 bits per heavy atom. The van der Waals surface area contributed by atoms with Gasteiger partial charge in [-0.05, 0) is 36.4 Å². The molecule has 3 heterocycles. The van der Waals surface area contributed by atoms with Gasteiger partial charge in [-0.2, -0.15) is 0 Å². The largest absolute Gasteiger partial charge is 0.463 e. The Morgan fingerprint density at radius 2 is 1.74 bits per heavy atom. The van der Waals surface area contributed by atoms with Crippen molar-refractivity contribution >= 4 is 45.8 Å². The van der Waals surface area contributed by atoms with Gasteiger partial charge in [0, 0.05) is 21.4 Å². The summed E-state index contributed by atoms with van der Waals surface area (Å²) in [7, 11) is 0. The molecule has 0 saturated heterocycles. The van der Waals surface area contributed by atoms with Crippen molar-refractivity contribution in [3.63, 3.8) is 0 Å². The summed E-state index contributed by atoms with van der Waals surface area (Å²) >= 11 is 3.05. The molecule has 0 aliphatic carbocycles. The number of rotatable bonds is 6. The first kappa shape index (κ1) is 21.9. The van der Waals surface area contributed by atoms with E-state index in [1.165, 1.54) is 23.1 Å². The summed E-state index contributed by atoms with van der Waals surface area (Å²) in [5.74, 6) is 0.347. The molecule has 0 atom stereocenters. The Balaban J connectivity index is 1.34. The van der Waals surface area contributed by atoms with Gasteiger partial charge in [0.25, 0.3) is 11.8 Å². The van der Waals surface area contributed by atoms with Gasteiger partial charge >= 0.3 is 0 Å². The molecule has 0 bridgehead atoms. The number of carbonyl (C=O) groups excluding carboxylic acids is 2. The van der Waals surface area contributed by atoms with Gasteiger partial charge in [-0.25, -0.2) is 9.97 Å². The zero-order valence-electron chi connectivity index (χ0n) is 17.7. The van der Waals surface area contributed by atoms with Gasteiger partial charge in [0.15, 0.2) is 5.76 Å². The van der Waals surface area contributed by atoms with Crippen molar-refractivity contribution in [2.75, 3.05) is 0 Å². The molecule has 7 nitrogen and oxygen atoms in total. The monoisotopic (exact) mass is 486 g/mol. The fraction of sp³-hybridized carbons (Fsp3) is 0.0400. The van der Waals surface area contributed by atoms with Crippen molar-refractivity contribution in [1.29, 1.82) is 0 Å². The molecule has 2 N–H and O–H groups in total. The number of furan rings is 1. The van der Waals surface area contributed by atoms with Crippen LogP contribution in [-0.4, -0.2) is 21.8 Å². The summed E-state index contributed by atoms with van der Waals surface area (Å²) in [5.41, 5.74) is 9.85. The van der Waals surface area contributed by atoms with Crippen LogP contribution in [0.2, 0.25) is 0 Å². The number of nitrogens with one attached hydrogen (secondary N) is 2. The number of thioether (sulfide) groups is 1. The molecule has 9 heteroatoms. The van der Waals surface area contributed by atoms with Crippen LogP contribution in [0.1, 0.15) is 26.4 Å². The first-order valence-electron chi connectivity index (χ1n) is 10.3. The molecular weight excluding hydrogens is 468 g/mol. The number of thiazole rings is 1. The molecule has 0 unspecified atom stereocenters. The number of aromatic nitrogens is 2. The highest BCUT2D eigenvalue weighted by atomic mass is 32.2. The van der Waals surface area contributed by atoms with E-state index in [2.05, 4.69) is 20.8 Å². The number of amides is 2. The van der Waals surface area contributed by atoms with Gasteiger partial charge in [-0.1, -0.05) is 30.3 Å². The molecule has 0 radical (unpaired) electrons. The minimum absolute atomic E-state index is 0.378. The van der Waals surface area contributed by atoms with Crippen LogP contribution in [0.5, 0.6) is 0 Å². The second-order valence-corrected chi connectivity index (χ2v) is 8.96. The van der Waals surface area contributed by atoms with E-state index >= 15 is 0 Å². The van der Waals surface area contributed by atoms with Crippen LogP contribution >= 0.6 is 23.1 Å². The van der Waals surface area contributed by atoms with Crippen molar-refractivity contribution in [2.24, 2.45) is 0 Å². The average Bonchev–Trinajstić information content (AvgIpc) is 3.60. The van der Waals surface area contributed by atoms with E-state index in [0.29, 0.717) is 39.2 Å². The van der Waals surface area contributed by atoms with E-state index in [9.17, 15) is 9.59 Å². The van der Waals surface area contributed by atoms with Gasteiger partial charge in [-0.15, -0.1) is 23.1 Å². The van der Waals surface area contributed by atoms with E-state index in [-0.39, 0.29) is 0 Å². The third-order valence-electron chi connectivity index (χ3n) is 5.01. The number of hydrogen-bond donors (Lipinski definition) is 2. The zero-order chi connectivity index (χ0) is 23.3. The summed E-state index contributed by atoms with van der Waals surface area (Å²) < 4.78 is 5.45. The minimum Gasteiger partial charge on any atom is -0.463 e. The normalized spacial score (nSPS) is 10.8. The van der Waals surface area contributed by atoms with E-state index in [4.69, 9.17) is 4.42 Å². The van der Waals surface area contributed by atoms with Crippen LogP contribution in [0.25, 0.3) is 22.4 Å². The van der Waals surface area contributed by atoms with Crippen molar-refractivity contribution in [2.45, 2.75) is 10.6 Å². The Kier molecular flexibility index (Phi) is 6.37. The molecule has 0 fully saturated rings. The molecule has 2 amide bonds. The molecule has 0 spiro atoms. The topological polar surface area (TPSA) is 97.1 Å². The van der Waals surface area contributed by atoms with E-state index in [1.54, 1.807) is 42.1 Å². The SMILES string of the molecule is O=C(NNC(=O)c1cc(-c2ccco2)nc2ccccc12)c1ccccc1SCc1cscn1. The third-order valence-corrected chi connectivity index (χ3v) is 6.76. The van der Waals surface area contributed by atoms with Crippen molar-refractivity contribution < 1.29 is 14.0 Å². The number of pyridine rings is 1. The van der Waals surface area contributed by atoms with Crippen LogP contribution in [0.4, 0.5) is 0 Å².